The number of hydrogen-bond acceptors (Lipinski definition) is 7. The number of piperazine rings is 1. The molecule has 1 unspecified atom stereocenters. The average molecular weight is 462 g/mol. The predicted octanol–water partition coefficient (Wildman–Crippen LogP) is 4.11. The fourth-order valence-corrected chi connectivity index (χ4v) is 5.33. The van der Waals surface area contributed by atoms with Gasteiger partial charge in [0.25, 0.3) is 0 Å². The number of aromatic hydroxyl groups is 1. The molecule has 1 atom stereocenters. The predicted molar refractivity (Wildman–Crippen MR) is 133 cm³/mol. The van der Waals surface area contributed by atoms with Crippen molar-refractivity contribution >= 4 is 27.7 Å². The second kappa shape index (κ2) is 9.16. The Bertz CT molecular complexity index is 1300. The largest absolute Gasteiger partial charge is 0.507 e. The van der Waals surface area contributed by atoms with Crippen LogP contribution in [0.3, 0.4) is 0 Å². The van der Waals surface area contributed by atoms with Gasteiger partial charge >= 0.3 is 5.97 Å². The smallest absolute Gasteiger partial charge is 0.342 e. The lowest BCUT2D eigenvalue weighted by atomic mass is 9.87. The van der Waals surface area contributed by atoms with E-state index in [0.29, 0.717) is 39.8 Å². The molecular formula is C27H31N3O4. The molecule has 2 N–H and O–H groups in total. The fourth-order valence-electron chi connectivity index (χ4n) is 5.33. The van der Waals surface area contributed by atoms with Gasteiger partial charge in [-0.2, -0.15) is 0 Å². The van der Waals surface area contributed by atoms with Crippen molar-refractivity contribution in [3.8, 4) is 5.75 Å². The van der Waals surface area contributed by atoms with Gasteiger partial charge in [0.15, 0.2) is 0 Å². The number of likely N-dealkylation sites (N-methyl/N-ethyl adjacent to an activating group) is 1. The first-order valence-electron chi connectivity index (χ1n) is 11.9. The number of rotatable bonds is 5. The maximum Gasteiger partial charge on any atom is 0.342 e. The normalized spacial score (nSPS) is 18.1. The molecule has 0 saturated carbocycles. The van der Waals surface area contributed by atoms with Crippen LogP contribution in [0.1, 0.15) is 34.6 Å². The van der Waals surface area contributed by atoms with Crippen molar-refractivity contribution in [2.45, 2.75) is 19.9 Å². The SMILES string of the molecule is CCN1CCN(C(C2=CCNC=C2)c2c(O)c3ccccc3c3oc(C)c(C(=O)OC)c23)CC1. The van der Waals surface area contributed by atoms with Gasteiger partial charge in [-0.3, -0.25) is 4.90 Å². The number of ether oxygens (including phenoxy) is 1. The van der Waals surface area contributed by atoms with E-state index in [1.165, 1.54) is 7.11 Å². The standard InChI is InChI=1S/C27H31N3O4/c1-4-29-13-15-30(16-14-29)24(18-9-11-28-12-10-18)23-22-21(27(32)33-3)17(2)34-26(22)20-8-6-5-7-19(20)25(23)31/h5-11,24,28,31H,4,12-16H2,1-3H3. The molecule has 2 aromatic carbocycles. The molecule has 34 heavy (non-hydrogen) atoms. The van der Waals surface area contributed by atoms with E-state index in [1.54, 1.807) is 6.92 Å². The molecule has 0 aliphatic carbocycles. The van der Waals surface area contributed by atoms with E-state index in [-0.39, 0.29) is 11.8 Å². The number of furan rings is 1. The molecule has 7 nitrogen and oxygen atoms in total. The maximum absolute atomic E-state index is 12.9. The first kappa shape index (κ1) is 22.5. The molecule has 3 heterocycles. The lowest BCUT2D eigenvalue weighted by Gasteiger charge is -2.40. The average Bonchev–Trinajstić information content (AvgIpc) is 3.23. The molecule has 0 bridgehead atoms. The summed E-state index contributed by atoms with van der Waals surface area (Å²) in [7, 11) is 1.38. The van der Waals surface area contributed by atoms with E-state index in [0.717, 1.165) is 43.7 Å². The number of methoxy groups -OCH3 is 1. The third kappa shape index (κ3) is 3.65. The fraction of sp³-hybridized carbons (Fsp3) is 0.370. The number of phenolic OH excluding ortho intramolecular Hbond substituents is 1. The number of dihydropyridines is 1. The summed E-state index contributed by atoms with van der Waals surface area (Å²) in [5, 5.41) is 17.1. The summed E-state index contributed by atoms with van der Waals surface area (Å²) in [6.45, 7) is 9.31. The van der Waals surface area contributed by atoms with Crippen molar-refractivity contribution in [1.82, 2.24) is 15.1 Å². The number of carbonyl (C=O) groups excluding carboxylic acids is 1. The molecule has 178 valence electrons. The molecule has 1 saturated heterocycles. The second-order valence-electron chi connectivity index (χ2n) is 8.86. The molecule has 0 radical (unpaired) electrons. The molecule has 1 fully saturated rings. The maximum atomic E-state index is 12.9. The summed E-state index contributed by atoms with van der Waals surface area (Å²) in [5.41, 5.74) is 2.78. The van der Waals surface area contributed by atoms with Crippen LogP contribution in [0.4, 0.5) is 0 Å². The van der Waals surface area contributed by atoms with Gasteiger partial charge in [-0.15, -0.1) is 0 Å². The van der Waals surface area contributed by atoms with E-state index in [9.17, 15) is 9.90 Å². The Morgan fingerprint density at radius 3 is 2.59 bits per heavy atom. The third-order valence-corrected chi connectivity index (χ3v) is 7.08. The van der Waals surface area contributed by atoms with Crippen LogP contribution in [0.2, 0.25) is 0 Å². The number of nitrogens with one attached hydrogen (secondary N) is 1. The molecule has 0 spiro atoms. The number of nitrogens with zero attached hydrogens (tertiary/aromatic N) is 2. The van der Waals surface area contributed by atoms with Crippen molar-refractivity contribution < 1.29 is 19.1 Å². The van der Waals surface area contributed by atoms with Crippen molar-refractivity contribution in [3.63, 3.8) is 0 Å². The molecular weight excluding hydrogens is 430 g/mol. The lowest BCUT2D eigenvalue weighted by Crippen LogP contribution is -2.47. The summed E-state index contributed by atoms with van der Waals surface area (Å²) in [4.78, 5) is 17.8. The van der Waals surface area contributed by atoms with E-state index < -0.39 is 5.97 Å². The van der Waals surface area contributed by atoms with E-state index in [2.05, 4.69) is 34.2 Å². The number of phenols is 1. The highest BCUT2D eigenvalue weighted by molar-refractivity contribution is 6.16. The highest BCUT2D eigenvalue weighted by Crippen LogP contribution is 2.47. The van der Waals surface area contributed by atoms with Gasteiger partial charge in [0.05, 0.1) is 13.2 Å². The van der Waals surface area contributed by atoms with Crippen molar-refractivity contribution in [2.75, 3.05) is 46.4 Å². The van der Waals surface area contributed by atoms with Crippen molar-refractivity contribution in [3.05, 3.63) is 65.1 Å². The summed E-state index contributed by atoms with van der Waals surface area (Å²) < 4.78 is 11.4. The van der Waals surface area contributed by atoms with Gasteiger partial charge in [-0.05, 0) is 31.3 Å². The molecule has 5 rings (SSSR count). The minimum absolute atomic E-state index is 0.185. The minimum Gasteiger partial charge on any atom is -0.507 e. The highest BCUT2D eigenvalue weighted by atomic mass is 16.5. The van der Waals surface area contributed by atoms with Crippen LogP contribution in [-0.4, -0.2) is 67.3 Å². The number of esters is 1. The Kier molecular flexibility index (Phi) is 6.06. The van der Waals surface area contributed by atoms with Crippen LogP contribution in [0.15, 0.2) is 52.6 Å². The number of carbonyl (C=O) groups is 1. The molecule has 0 amide bonds. The van der Waals surface area contributed by atoms with Gasteiger partial charge in [0.2, 0.25) is 0 Å². The van der Waals surface area contributed by atoms with Crippen LogP contribution in [-0.2, 0) is 4.74 Å². The zero-order valence-corrected chi connectivity index (χ0v) is 19.9. The molecule has 7 heteroatoms. The van der Waals surface area contributed by atoms with Crippen molar-refractivity contribution in [1.29, 1.82) is 0 Å². The Labute approximate surface area is 199 Å². The van der Waals surface area contributed by atoms with Gasteiger partial charge in [-0.25, -0.2) is 4.79 Å². The Morgan fingerprint density at radius 2 is 1.94 bits per heavy atom. The minimum atomic E-state index is -0.462. The molecule has 3 aromatic rings. The van der Waals surface area contributed by atoms with Gasteiger partial charge in [-0.1, -0.05) is 37.3 Å². The van der Waals surface area contributed by atoms with Gasteiger partial charge < -0.3 is 24.5 Å². The van der Waals surface area contributed by atoms with E-state index in [4.69, 9.17) is 9.15 Å². The third-order valence-electron chi connectivity index (χ3n) is 7.08. The lowest BCUT2D eigenvalue weighted by molar-refractivity contribution is 0.0600. The zero-order chi connectivity index (χ0) is 23.8. The summed E-state index contributed by atoms with van der Waals surface area (Å²) >= 11 is 0. The van der Waals surface area contributed by atoms with Crippen LogP contribution >= 0.6 is 0 Å². The number of hydrogen-bond donors (Lipinski definition) is 2. The molecule has 2 aliphatic rings. The Morgan fingerprint density at radius 1 is 1.21 bits per heavy atom. The molecule has 1 aromatic heterocycles. The van der Waals surface area contributed by atoms with Crippen LogP contribution in [0.5, 0.6) is 5.75 Å². The monoisotopic (exact) mass is 461 g/mol. The van der Waals surface area contributed by atoms with Gasteiger partial charge in [0.1, 0.15) is 22.7 Å². The number of benzene rings is 2. The topological polar surface area (TPSA) is 78.2 Å². The van der Waals surface area contributed by atoms with Crippen LogP contribution < -0.4 is 5.32 Å². The first-order valence-corrected chi connectivity index (χ1v) is 11.9. The van der Waals surface area contributed by atoms with E-state index >= 15 is 0 Å². The number of aryl methyl sites for hydroxylation is 1. The van der Waals surface area contributed by atoms with Crippen LogP contribution in [0, 0.1) is 6.92 Å². The van der Waals surface area contributed by atoms with Crippen LogP contribution in [0.25, 0.3) is 21.7 Å². The van der Waals surface area contributed by atoms with Gasteiger partial charge in [0, 0.05) is 54.4 Å². The molecule has 2 aliphatic heterocycles. The number of fused-ring (bicyclic) bond motifs is 3. The highest BCUT2D eigenvalue weighted by Gasteiger charge is 2.35. The van der Waals surface area contributed by atoms with E-state index in [1.807, 2.05) is 30.5 Å². The zero-order valence-electron chi connectivity index (χ0n) is 19.9. The Balaban J connectivity index is 1.82. The quantitative estimate of drug-likeness (QED) is 0.554. The second-order valence-corrected chi connectivity index (χ2v) is 8.86. The van der Waals surface area contributed by atoms with Crippen molar-refractivity contribution in [2.24, 2.45) is 0 Å². The Hall–Kier alpha value is -3.29. The summed E-state index contributed by atoms with van der Waals surface area (Å²) in [6.07, 6.45) is 6.16. The summed E-state index contributed by atoms with van der Waals surface area (Å²) in [5.74, 6) is 0.213. The first-order chi connectivity index (χ1) is 16.5. The summed E-state index contributed by atoms with van der Waals surface area (Å²) in [6, 6.07) is 7.42.